The topological polar surface area (TPSA) is 58.6 Å². The molecule has 1 heterocycles. The van der Waals surface area contributed by atoms with E-state index in [-0.39, 0.29) is 35.7 Å². The minimum atomic E-state index is -0.384. The molecule has 4 atom stereocenters. The van der Waals surface area contributed by atoms with E-state index in [1.807, 2.05) is 20.8 Å². The van der Waals surface area contributed by atoms with Crippen molar-refractivity contribution in [1.82, 2.24) is 10.2 Å². The predicted molar refractivity (Wildman–Crippen MR) is 82.8 cm³/mol. The minimum Gasteiger partial charge on any atom is -0.385 e. The van der Waals surface area contributed by atoms with Crippen molar-refractivity contribution in [3.8, 4) is 0 Å². The molecule has 122 valence electrons. The Morgan fingerprint density at radius 3 is 2.33 bits per heavy atom. The average Bonchev–Trinajstić information content (AvgIpc) is 2.48. The van der Waals surface area contributed by atoms with Crippen LogP contribution in [0, 0.1) is 11.8 Å². The van der Waals surface area contributed by atoms with Crippen LogP contribution in [-0.2, 0) is 14.3 Å². The highest BCUT2D eigenvalue weighted by molar-refractivity contribution is 5.97. The van der Waals surface area contributed by atoms with E-state index in [4.69, 9.17) is 4.74 Å². The maximum absolute atomic E-state index is 12.8. The van der Waals surface area contributed by atoms with Gasteiger partial charge in [-0.05, 0) is 18.3 Å². The molecule has 0 spiro atoms. The molecule has 1 fully saturated rings. The molecule has 5 heteroatoms. The number of nitrogens with one attached hydrogen (secondary N) is 1. The third-order valence-electron chi connectivity index (χ3n) is 4.59. The first-order valence-corrected chi connectivity index (χ1v) is 8.07. The van der Waals surface area contributed by atoms with Crippen molar-refractivity contribution < 1.29 is 14.3 Å². The number of nitrogens with zero attached hydrogens (tertiary/aromatic N) is 1. The maximum Gasteiger partial charge on any atom is 0.246 e. The van der Waals surface area contributed by atoms with Crippen molar-refractivity contribution in [2.75, 3.05) is 20.3 Å². The Morgan fingerprint density at radius 1 is 1.19 bits per heavy atom. The summed E-state index contributed by atoms with van der Waals surface area (Å²) < 4.78 is 5.07. The van der Waals surface area contributed by atoms with Gasteiger partial charge in [-0.1, -0.05) is 40.5 Å². The fourth-order valence-corrected chi connectivity index (χ4v) is 2.80. The van der Waals surface area contributed by atoms with Gasteiger partial charge in [0.1, 0.15) is 12.1 Å². The summed E-state index contributed by atoms with van der Waals surface area (Å²) in [5.41, 5.74) is 0. The molecule has 1 aliphatic heterocycles. The van der Waals surface area contributed by atoms with E-state index >= 15 is 0 Å². The second-order valence-electron chi connectivity index (χ2n) is 6.08. The molecule has 1 N–H and O–H groups in total. The summed E-state index contributed by atoms with van der Waals surface area (Å²) in [4.78, 5) is 27.0. The number of methoxy groups -OCH3 is 1. The minimum absolute atomic E-state index is 0.00772. The van der Waals surface area contributed by atoms with Crippen LogP contribution in [-0.4, -0.2) is 49.1 Å². The van der Waals surface area contributed by atoms with Gasteiger partial charge in [-0.2, -0.15) is 0 Å². The van der Waals surface area contributed by atoms with E-state index in [1.165, 1.54) is 0 Å². The van der Waals surface area contributed by atoms with E-state index in [2.05, 4.69) is 12.2 Å². The second-order valence-corrected chi connectivity index (χ2v) is 6.08. The molecule has 21 heavy (non-hydrogen) atoms. The SMILES string of the molecule is CCC(C)C1NC(=O)C(C(C)CC)N(CCCOC)C1=O. The van der Waals surface area contributed by atoms with Crippen LogP contribution in [0.4, 0.5) is 0 Å². The maximum atomic E-state index is 12.8. The molecule has 5 nitrogen and oxygen atoms in total. The van der Waals surface area contributed by atoms with Crippen LogP contribution in [0.2, 0.25) is 0 Å². The zero-order chi connectivity index (χ0) is 16.0. The number of carbonyl (C=O) groups excluding carboxylic acids is 2. The summed E-state index contributed by atoms with van der Waals surface area (Å²) in [6, 6.07) is -0.731. The molecule has 0 bridgehead atoms. The van der Waals surface area contributed by atoms with Crippen molar-refractivity contribution in [2.24, 2.45) is 11.8 Å². The average molecular weight is 298 g/mol. The fraction of sp³-hybridized carbons (Fsp3) is 0.875. The highest BCUT2D eigenvalue weighted by Gasteiger charge is 2.43. The normalized spacial score (nSPS) is 25.7. The Hall–Kier alpha value is -1.10. The fourth-order valence-electron chi connectivity index (χ4n) is 2.80. The molecule has 0 aromatic rings. The lowest BCUT2D eigenvalue weighted by molar-refractivity contribution is -0.153. The molecule has 0 aliphatic carbocycles. The van der Waals surface area contributed by atoms with Crippen molar-refractivity contribution in [2.45, 2.75) is 59.0 Å². The van der Waals surface area contributed by atoms with Crippen LogP contribution in [0.5, 0.6) is 0 Å². The molecule has 0 radical (unpaired) electrons. The van der Waals surface area contributed by atoms with E-state index in [0.29, 0.717) is 13.2 Å². The van der Waals surface area contributed by atoms with Crippen LogP contribution in [0.25, 0.3) is 0 Å². The van der Waals surface area contributed by atoms with E-state index in [0.717, 1.165) is 19.3 Å². The quantitative estimate of drug-likeness (QED) is 0.695. The lowest BCUT2D eigenvalue weighted by atomic mass is 9.89. The van der Waals surface area contributed by atoms with Gasteiger partial charge in [0.2, 0.25) is 11.8 Å². The Morgan fingerprint density at radius 2 is 1.81 bits per heavy atom. The zero-order valence-corrected chi connectivity index (χ0v) is 14.0. The number of amides is 2. The van der Waals surface area contributed by atoms with Crippen molar-refractivity contribution in [3.63, 3.8) is 0 Å². The van der Waals surface area contributed by atoms with Crippen molar-refractivity contribution in [3.05, 3.63) is 0 Å². The third kappa shape index (κ3) is 4.19. The second kappa shape index (κ2) is 8.37. The lowest BCUT2D eigenvalue weighted by Gasteiger charge is -2.43. The molecular weight excluding hydrogens is 268 g/mol. The first kappa shape index (κ1) is 18.0. The van der Waals surface area contributed by atoms with Gasteiger partial charge in [0.05, 0.1) is 0 Å². The first-order valence-electron chi connectivity index (χ1n) is 8.07. The van der Waals surface area contributed by atoms with Crippen LogP contribution < -0.4 is 5.32 Å². The molecule has 0 saturated carbocycles. The van der Waals surface area contributed by atoms with Crippen molar-refractivity contribution in [1.29, 1.82) is 0 Å². The zero-order valence-electron chi connectivity index (χ0n) is 14.0. The van der Waals surface area contributed by atoms with Gasteiger partial charge < -0.3 is 15.0 Å². The van der Waals surface area contributed by atoms with Gasteiger partial charge >= 0.3 is 0 Å². The number of rotatable bonds is 8. The summed E-state index contributed by atoms with van der Waals surface area (Å²) in [5, 5.41) is 2.94. The number of ether oxygens (including phenoxy) is 1. The summed E-state index contributed by atoms with van der Waals surface area (Å²) in [7, 11) is 1.65. The predicted octanol–water partition coefficient (Wildman–Crippen LogP) is 1.81. The Labute approximate surface area is 128 Å². The molecule has 1 aliphatic rings. The first-order chi connectivity index (χ1) is 9.97. The summed E-state index contributed by atoms with van der Waals surface area (Å²) in [6.07, 6.45) is 2.51. The van der Waals surface area contributed by atoms with Gasteiger partial charge in [0.25, 0.3) is 0 Å². The highest BCUT2D eigenvalue weighted by atomic mass is 16.5. The molecule has 1 saturated heterocycles. The summed E-state index contributed by atoms with van der Waals surface area (Å²) >= 11 is 0. The number of carbonyl (C=O) groups is 2. The molecular formula is C16H30N2O3. The van der Waals surface area contributed by atoms with E-state index in [1.54, 1.807) is 12.0 Å². The largest absolute Gasteiger partial charge is 0.385 e. The Bertz CT molecular complexity index is 359. The smallest absolute Gasteiger partial charge is 0.246 e. The Balaban J connectivity index is 2.93. The van der Waals surface area contributed by atoms with Crippen molar-refractivity contribution >= 4 is 11.8 Å². The molecule has 0 aromatic heterocycles. The molecule has 1 rings (SSSR count). The molecule has 0 aromatic carbocycles. The highest BCUT2D eigenvalue weighted by Crippen LogP contribution is 2.23. The van der Waals surface area contributed by atoms with E-state index < -0.39 is 0 Å². The lowest BCUT2D eigenvalue weighted by Crippen LogP contribution is -2.66. The molecule has 2 amide bonds. The van der Waals surface area contributed by atoms with Gasteiger partial charge in [-0.3, -0.25) is 9.59 Å². The molecule has 4 unspecified atom stereocenters. The Kier molecular flexibility index (Phi) is 7.15. The van der Waals surface area contributed by atoms with Crippen LogP contribution in [0.3, 0.4) is 0 Å². The number of piperazine rings is 1. The standard InChI is InChI=1S/C16H30N2O3/c1-6-11(3)13-16(20)18(9-8-10-21-5)14(12(4)7-2)15(19)17-13/h11-14H,6-10H2,1-5H3,(H,17,19). The van der Waals surface area contributed by atoms with Gasteiger partial charge in [-0.25, -0.2) is 0 Å². The number of hydrogen-bond acceptors (Lipinski definition) is 3. The van der Waals surface area contributed by atoms with Gasteiger partial charge in [0.15, 0.2) is 0 Å². The number of hydrogen-bond donors (Lipinski definition) is 1. The van der Waals surface area contributed by atoms with Gasteiger partial charge in [0, 0.05) is 20.3 Å². The third-order valence-corrected chi connectivity index (χ3v) is 4.59. The van der Waals surface area contributed by atoms with Crippen LogP contribution >= 0.6 is 0 Å². The van der Waals surface area contributed by atoms with Gasteiger partial charge in [-0.15, -0.1) is 0 Å². The monoisotopic (exact) mass is 298 g/mol. The summed E-state index contributed by atoms with van der Waals surface area (Å²) in [5.74, 6) is 0.371. The van der Waals surface area contributed by atoms with Crippen LogP contribution in [0.15, 0.2) is 0 Å². The summed E-state index contributed by atoms with van der Waals surface area (Å²) in [6.45, 7) is 9.33. The van der Waals surface area contributed by atoms with Crippen LogP contribution in [0.1, 0.15) is 47.0 Å². The van der Waals surface area contributed by atoms with E-state index in [9.17, 15) is 9.59 Å².